The van der Waals surface area contributed by atoms with E-state index in [1.165, 1.54) is 12.1 Å². The number of hydrogen-bond acceptors (Lipinski definition) is 3. The second kappa shape index (κ2) is 6.16. The average Bonchev–Trinajstić information content (AvgIpc) is 2.78. The van der Waals surface area contributed by atoms with Crippen molar-refractivity contribution in [2.24, 2.45) is 0 Å². The number of aliphatic hydroxyl groups is 1. The van der Waals surface area contributed by atoms with E-state index in [2.05, 4.69) is 15.7 Å². The van der Waals surface area contributed by atoms with Gasteiger partial charge < -0.3 is 10.4 Å². The molecule has 2 rings (SSSR count). The molecule has 0 fully saturated rings. The van der Waals surface area contributed by atoms with Crippen molar-refractivity contribution in [2.45, 2.75) is 6.92 Å². The molecule has 6 nitrogen and oxygen atoms in total. The second-order valence-electron chi connectivity index (χ2n) is 4.16. The summed E-state index contributed by atoms with van der Waals surface area (Å²) in [4.78, 5) is 11.4. The van der Waals surface area contributed by atoms with E-state index in [1.807, 2.05) is 6.92 Å². The van der Waals surface area contributed by atoms with Crippen molar-refractivity contribution >= 4 is 11.8 Å². The number of amides is 2. The van der Waals surface area contributed by atoms with Gasteiger partial charge in [0.1, 0.15) is 5.82 Å². The third-order valence-electron chi connectivity index (χ3n) is 2.60. The lowest BCUT2D eigenvalue weighted by Gasteiger charge is -2.04. The van der Waals surface area contributed by atoms with Crippen LogP contribution in [0.1, 0.15) is 5.69 Å². The number of carbonyl (C=O) groups is 1. The molecule has 0 aliphatic carbocycles. The maximum absolute atomic E-state index is 12.9. The highest BCUT2D eigenvalue weighted by Crippen LogP contribution is 2.15. The normalized spacial score (nSPS) is 10.3. The van der Waals surface area contributed by atoms with Gasteiger partial charge in [-0.05, 0) is 31.2 Å². The van der Waals surface area contributed by atoms with E-state index in [0.29, 0.717) is 11.5 Å². The lowest BCUT2D eigenvalue weighted by molar-refractivity contribution is 0.244. The minimum Gasteiger partial charge on any atom is -0.395 e. The molecule has 0 aliphatic rings. The first kappa shape index (κ1) is 14.0. The lowest BCUT2D eigenvalue weighted by Crippen LogP contribution is -2.31. The van der Waals surface area contributed by atoms with E-state index in [4.69, 9.17) is 5.11 Å². The van der Waals surface area contributed by atoms with Crippen LogP contribution in [-0.4, -0.2) is 34.1 Å². The summed E-state index contributed by atoms with van der Waals surface area (Å²) in [6, 6.07) is 7.15. The summed E-state index contributed by atoms with van der Waals surface area (Å²) in [5, 5.41) is 17.8. The monoisotopic (exact) mass is 278 g/mol. The zero-order valence-electron chi connectivity index (χ0n) is 10.9. The predicted octanol–water partition coefficient (Wildman–Crippen LogP) is 1.43. The topological polar surface area (TPSA) is 79.2 Å². The summed E-state index contributed by atoms with van der Waals surface area (Å²) in [5.41, 5.74) is 1.50. The Morgan fingerprint density at radius 3 is 2.75 bits per heavy atom. The molecule has 1 aromatic carbocycles. The first-order valence-electron chi connectivity index (χ1n) is 6.08. The third kappa shape index (κ3) is 3.33. The third-order valence-corrected chi connectivity index (χ3v) is 2.60. The first-order valence-corrected chi connectivity index (χ1v) is 6.08. The van der Waals surface area contributed by atoms with Crippen molar-refractivity contribution in [1.82, 2.24) is 15.1 Å². The largest absolute Gasteiger partial charge is 0.395 e. The van der Waals surface area contributed by atoms with Crippen molar-refractivity contribution in [3.63, 3.8) is 0 Å². The van der Waals surface area contributed by atoms with Gasteiger partial charge in [0, 0.05) is 18.3 Å². The molecule has 2 aromatic rings. The quantitative estimate of drug-likeness (QED) is 0.791. The Morgan fingerprint density at radius 2 is 2.10 bits per heavy atom. The first-order chi connectivity index (χ1) is 9.60. The summed E-state index contributed by atoms with van der Waals surface area (Å²) in [6.45, 7) is 1.87. The van der Waals surface area contributed by atoms with Crippen LogP contribution in [0.15, 0.2) is 30.3 Å². The zero-order valence-corrected chi connectivity index (χ0v) is 10.9. The number of nitrogens with one attached hydrogen (secondary N) is 2. The average molecular weight is 278 g/mol. The van der Waals surface area contributed by atoms with Crippen LogP contribution in [0.25, 0.3) is 5.69 Å². The minimum atomic E-state index is -0.442. The number of urea groups is 1. The van der Waals surface area contributed by atoms with Gasteiger partial charge in [-0.3, -0.25) is 5.32 Å². The van der Waals surface area contributed by atoms with Crippen LogP contribution in [0, 0.1) is 12.7 Å². The van der Waals surface area contributed by atoms with E-state index in [-0.39, 0.29) is 19.0 Å². The number of nitrogens with zero attached hydrogens (tertiary/aromatic N) is 2. The van der Waals surface area contributed by atoms with Crippen LogP contribution in [0.2, 0.25) is 0 Å². The van der Waals surface area contributed by atoms with Crippen LogP contribution in [0.3, 0.4) is 0 Å². The number of aliphatic hydroxyl groups excluding tert-OH is 1. The Hall–Kier alpha value is -2.41. The second-order valence-corrected chi connectivity index (χ2v) is 4.16. The maximum Gasteiger partial charge on any atom is 0.320 e. The smallest absolute Gasteiger partial charge is 0.320 e. The Balaban J connectivity index is 2.13. The van der Waals surface area contributed by atoms with Gasteiger partial charge in [-0.25, -0.2) is 13.9 Å². The van der Waals surface area contributed by atoms with Crippen molar-refractivity contribution in [3.05, 3.63) is 41.8 Å². The SMILES string of the molecule is Cc1cc(NC(=O)NCCO)nn1-c1ccc(F)cc1. The molecule has 0 saturated carbocycles. The van der Waals surface area contributed by atoms with E-state index in [0.717, 1.165) is 5.69 Å². The highest BCUT2D eigenvalue weighted by Gasteiger charge is 2.08. The lowest BCUT2D eigenvalue weighted by atomic mass is 10.3. The van der Waals surface area contributed by atoms with Gasteiger partial charge in [0.05, 0.1) is 12.3 Å². The molecule has 1 heterocycles. The number of aromatic nitrogens is 2. The number of aryl methyl sites for hydroxylation is 1. The molecular weight excluding hydrogens is 263 g/mol. The zero-order chi connectivity index (χ0) is 14.5. The summed E-state index contributed by atoms with van der Waals surface area (Å²) in [6.07, 6.45) is 0. The van der Waals surface area contributed by atoms with Gasteiger partial charge in [-0.15, -0.1) is 5.10 Å². The predicted molar refractivity (Wildman–Crippen MR) is 72.4 cm³/mol. The molecule has 0 atom stereocenters. The molecule has 0 spiro atoms. The van der Waals surface area contributed by atoms with Gasteiger partial charge in [0.15, 0.2) is 5.82 Å². The highest BCUT2D eigenvalue weighted by atomic mass is 19.1. The van der Waals surface area contributed by atoms with E-state index in [9.17, 15) is 9.18 Å². The molecule has 7 heteroatoms. The number of anilines is 1. The van der Waals surface area contributed by atoms with E-state index >= 15 is 0 Å². The van der Waals surface area contributed by atoms with Gasteiger partial charge in [0.2, 0.25) is 0 Å². The van der Waals surface area contributed by atoms with Crippen LogP contribution in [-0.2, 0) is 0 Å². The summed E-state index contributed by atoms with van der Waals surface area (Å²) in [5.74, 6) is 0.0579. The summed E-state index contributed by atoms with van der Waals surface area (Å²) >= 11 is 0. The molecule has 1 aromatic heterocycles. The fourth-order valence-electron chi connectivity index (χ4n) is 1.71. The Labute approximate surface area is 115 Å². The molecule has 3 N–H and O–H groups in total. The van der Waals surface area contributed by atoms with Crippen LogP contribution in [0.4, 0.5) is 15.0 Å². The van der Waals surface area contributed by atoms with Crippen LogP contribution < -0.4 is 10.6 Å². The molecule has 20 heavy (non-hydrogen) atoms. The molecule has 2 amide bonds. The molecule has 0 bridgehead atoms. The van der Waals surface area contributed by atoms with Crippen molar-refractivity contribution in [3.8, 4) is 5.69 Å². The Morgan fingerprint density at radius 1 is 1.40 bits per heavy atom. The Kier molecular flexibility index (Phi) is 4.31. The van der Waals surface area contributed by atoms with Gasteiger partial charge in [-0.1, -0.05) is 0 Å². The van der Waals surface area contributed by atoms with Gasteiger partial charge in [0.25, 0.3) is 0 Å². The number of hydrogen-bond donors (Lipinski definition) is 3. The highest BCUT2D eigenvalue weighted by molar-refractivity contribution is 5.88. The number of halogens is 1. The van der Waals surface area contributed by atoms with Crippen molar-refractivity contribution in [1.29, 1.82) is 0 Å². The molecule has 0 aliphatic heterocycles. The number of carbonyl (C=O) groups excluding carboxylic acids is 1. The van der Waals surface area contributed by atoms with Crippen molar-refractivity contribution in [2.75, 3.05) is 18.5 Å². The van der Waals surface area contributed by atoms with Crippen LogP contribution in [0.5, 0.6) is 0 Å². The van der Waals surface area contributed by atoms with E-state index < -0.39 is 6.03 Å². The minimum absolute atomic E-state index is 0.129. The standard InChI is InChI=1S/C13H15FN4O2/c1-9-8-12(16-13(20)15-6-7-19)17-18(9)11-4-2-10(14)3-5-11/h2-5,8,19H,6-7H2,1H3,(H2,15,16,17,20). The molecule has 0 saturated heterocycles. The van der Waals surface area contributed by atoms with Crippen LogP contribution >= 0.6 is 0 Å². The van der Waals surface area contributed by atoms with Gasteiger partial charge >= 0.3 is 6.03 Å². The molecule has 0 radical (unpaired) electrons. The summed E-state index contributed by atoms with van der Waals surface area (Å²) < 4.78 is 14.5. The Bertz CT molecular complexity index is 595. The molecular formula is C13H15FN4O2. The van der Waals surface area contributed by atoms with Gasteiger partial charge in [-0.2, -0.15) is 0 Å². The van der Waals surface area contributed by atoms with E-state index in [1.54, 1.807) is 22.9 Å². The van der Waals surface area contributed by atoms with Crippen molar-refractivity contribution < 1.29 is 14.3 Å². The molecule has 106 valence electrons. The molecule has 0 unspecified atom stereocenters. The number of benzene rings is 1. The fourth-order valence-corrected chi connectivity index (χ4v) is 1.71. The number of rotatable bonds is 4. The summed E-state index contributed by atoms with van der Waals surface area (Å²) in [7, 11) is 0. The maximum atomic E-state index is 12.9. The fraction of sp³-hybridized carbons (Fsp3) is 0.231.